The number of hydrogen-bond donors (Lipinski definition) is 1. The summed E-state index contributed by atoms with van der Waals surface area (Å²) < 4.78 is 5.37. The minimum Gasteiger partial charge on any atom is -0.380 e. The van der Waals surface area contributed by atoms with Crippen molar-refractivity contribution in [1.82, 2.24) is 5.32 Å². The smallest absolute Gasteiger partial charge is 0.0620 e. The molecule has 88 valence electrons. The highest BCUT2D eigenvalue weighted by molar-refractivity contribution is 5.24. The van der Waals surface area contributed by atoms with Gasteiger partial charge in [-0.3, -0.25) is 0 Å². The Balaban J connectivity index is 1.94. The van der Waals surface area contributed by atoms with E-state index in [1.807, 2.05) is 0 Å². The van der Waals surface area contributed by atoms with E-state index in [1.165, 1.54) is 11.1 Å². The van der Waals surface area contributed by atoms with Crippen LogP contribution in [0.25, 0.3) is 0 Å². The topological polar surface area (TPSA) is 21.3 Å². The van der Waals surface area contributed by atoms with Crippen LogP contribution >= 0.6 is 0 Å². The van der Waals surface area contributed by atoms with Crippen LogP contribution in [-0.4, -0.2) is 19.3 Å². The van der Waals surface area contributed by atoms with Gasteiger partial charge in [0.05, 0.1) is 6.61 Å². The van der Waals surface area contributed by atoms with Crippen molar-refractivity contribution >= 4 is 0 Å². The van der Waals surface area contributed by atoms with Gasteiger partial charge < -0.3 is 10.1 Å². The molecule has 0 aliphatic carbocycles. The summed E-state index contributed by atoms with van der Waals surface area (Å²) in [6, 6.07) is 9.84. The second-order valence-electron chi connectivity index (χ2n) is 4.54. The molecule has 0 saturated carbocycles. The Morgan fingerprint density at radius 3 is 2.69 bits per heavy atom. The molecule has 0 radical (unpaired) electrons. The van der Waals surface area contributed by atoms with Crippen molar-refractivity contribution in [3.8, 4) is 0 Å². The van der Waals surface area contributed by atoms with Crippen LogP contribution < -0.4 is 5.32 Å². The largest absolute Gasteiger partial charge is 0.380 e. The Morgan fingerprint density at radius 2 is 2.12 bits per heavy atom. The maximum Gasteiger partial charge on any atom is 0.0620 e. The lowest BCUT2D eigenvalue weighted by atomic mass is 10.0. The van der Waals surface area contributed by atoms with E-state index in [1.54, 1.807) is 0 Å². The fourth-order valence-corrected chi connectivity index (χ4v) is 2.16. The van der Waals surface area contributed by atoms with E-state index < -0.39 is 0 Å². The molecule has 1 fully saturated rings. The molecule has 1 aliphatic heterocycles. The second-order valence-corrected chi connectivity index (χ2v) is 4.54. The van der Waals surface area contributed by atoms with E-state index in [4.69, 9.17) is 4.74 Å². The third kappa shape index (κ3) is 2.83. The maximum absolute atomic E-state index is 5.37. The summed E-state index contributed by atoms with van der Waals surface area (Å²) in [4.78, 5) is 0. The molecule has 1 aromatic rings. The maximum atomic E-state index is 5.37. The Kier molecular flexibility index (Phi) is 3.97. The Bertz CT molecular complexity index is 314. The number of rotatable bonds is 4. The molecule has 0 amide bonds. The van der Waals surface area contributed by atoms with E-state index in [2.05, 4.69) is 43.4 Å². The van der Waals surface area contributed by atoms with Gasteiger partial charge in [-0.25, -0.2) is 0 Å². The fraction of sp³-hybridized carbons (Fsp3) is 0.571. The first kappa shape index (κ1) is 11.6. The standard InChI is InChI=1S/C14H21NO/c1-3-12-4-6-13(7-5-12)11(2)15-14-8-9-16-10-14/h4-7,11,14-15H,3,8-10H2,1-2H3/t11-,14+/m0/s1. The van der Waals surface area contributed by atoms with Gasteiger partial charge in [-0.05, 0) is 30.9 Å². The molecular formula is C14H21NO. The Morgan fingerprint density at radius 1 is 1.38 bits per heavy atom. The lowest BCUT2D eigenvalue weighted by molar-refractivity contribution is 0.188. The molecule has 1 N–H and O–H groups in total. The van der Waals surface area contributed by atoms with Gasteiger partial charge in [0.25, 0.3) is 0 Å². The van der Waals surface area contributed by atoms with Crippen molar-refractivity contribution in [2.75, 3.05) is 13.2 Å². The molecule has 0 unspecified atom stereocenters. The van der Waals surface area contributed by atoms with Gasteiger partial charge in [-0.2, -0.15) is 0 Å². The van der Waals surface area contributed by atoms with Gasteiger partial charge in [0.2, 0.25) is 0 Å². The van der Waals surface area contributed by atoms with Crippen molar-refractivity contribution in [2.45, 2.75) is 38.8 Å². The first-order valence-electron chi connectivity index (χ1n) is 6.22. The average Bonchev–Trinajstić information content (AvgIpc) is 2.82. The predicted octanol–water partition coefficient (Wildman–Crippen LogP) is 2.69. The van der Waals surface area contributed by atoms with E-state index >= 15 is 0 Å². The van der Waals surface area contributed by atoms with Gasteiger partial charge in [-0.15, -0.1) is 0 Å². The van der Waals surface area contributed by atoms with Gasteiger partial charge in [-0.1, -0.05) is 31.2 Å². The Labute approximate surface area is 98.0 Å². The van der Waals surface area contributed by atoms with Crippen LogP contribution in [0.4, 0.5) is 0 Å². The number of ether oxygens (including phenoxy) is 1. The van der Waals surface area contributed by atoms with Crippen LogP contribution in [0.5, 0.6) is 0 Å². The zero-order chi connectivity index (χ0) is 11.4. The fourth-order valence-electron chi connectivity index (χ4n) is 2.16. The summed E-state index contributed by atoms with van der Waals surface area (Å²) in [5.74, 6) is 0. The summed E-state index contributed by atoms with van der Waals surface area (Å²) in [6.07, 6.45) is 2.25. The van der Waals surface area contributed by atoms with E-state index in [-0.39, 0.29) is 0 Å². The molecule has 1 heterocycles. The molecule has 16 heavy (non-hydrogen) atoms. The number of benzene rings is 1. The van der Waals surface area contributed by atoms with Crippen molar-refractivity contribution in [3.05, 3.63) is 35.4 Å². The molecule has 1 aliphatic rings. The summed E-state index contributed by atoms with van der Waals surface area (Å²) in [6.45, 7) is 6.17. The highest BCUT2D eigenvalue weighted by Gasteiger charge is 2.17. The normalized spacial score (nSPS) is 22.2. The van der Waals surface area contributed by atoms with Crippen LogP contribution in [0.3, 0.4) is 0 Å². The van der Waals surface area contributed by atoms with Crippen LogP contribution in [0.1, 0.15) is 37.4 Å². The molecule has 1 aromatic carbocycles. The van der Waals surface area contributed by atoms with Crippen LogP contribution in [0, 0.1) is 0 Å². The lowest BCUT2D eigenvalue weighted by Gasteiger charge is -2.18. The number of hydrogen-bond acceptors (Lipinski definition) is 2. The number of aryl methyl sites for hydroxylation is 1. The third-order valence-corrected chi connectivity index (χ3v) is 3.30. The molecule has 0 bridgehead atoms. The van der Waals surface area contributed by atoms with Gasteiger partial charge in [0.1, 0.15) is 0 Å². The zero-order valence-corrected chi connectivity index (χ0v) is 10.2. The lowest BCUT2D eigenvalue weighted by Crippen LogP contribution is -2.31. The van der Waals surface area contributed by atoms with Crippen molar-refractivity contribution in [2.24, 2.45) is 0 Å². The Hall–Kier alpha value is -0.860. The highest BCUT2D eigenvalue weighted by Crippen LogP contribution is 2.16. The molecule has 2 rings (SSSR count). The first-order valence-corrected chi connectivity index (χ1v) is 6.22. The summed E-state index contributed by atoms with van der Waals surface area (Å²) >= 11 is 0. The van der Waals surface area contributed by atoms with Crippen LogP contribution in [0.15, 0.2) is 24.3 Å². The minimum absolute atomic E-state index is 0.414. The van der Waals surface area contributed by atoms with Gasteiger partial charge >= 0.3 is 0 Å². The highest BCUT2D eigenvalue weighted by atomic mass is 16.5. The minimum atomic E-state index is 0.414. The molecule has 2 heteroatoms. The molecule has 1 saturated heterocycles. The molecule has 0 aromatic heterocycles. The summed E-state index contributed by atoms with van der Waals surface area (Å²) in [5.41, 5.74) is 2.77. The van der Waals surface area contributed by atoms with Crippen molar-refractivity contribution in [1.29, 1.82) is 0 Å². The summed E-state index contributed by atoms with van der Waals surface area (Å²) in [7, 11) is 0. The molecule has 0 spiro atoms. The summed E-state index contributed by atoms with van der Waals surface area (Å²) in [5, 5.41) is 3.61. The molecule has 2 nitrogen and oxygen atoms in total. The van der Waals surface area contributed by atoms with Crippen LogP contribution in [0.2, 0.25) is 0 Å². The first-order chi connectivity index (χ1) is 7.79. The van der Waals surface area contributed by atoms with Gasteiger partial charge in [0.15, 0.2) is 0 Å². The number of nitrogens with one attached hydrogen (secondary N) is 1. The predicted molar refractivity (Wildman–Crippen MR) is 66.6 cm³/mol. The monoisotopic (exact) mass is 219 g/mol. The third-order valence-electron chi connectivity index (χ3n) is 3.30. The van der Waals surface area contributed by atoms with Crippen LogP contribution in [-0.2, 0) is 11.2 Å². The van der Waals surface area contributed by atoms with E-state index in [0.29, 0.717) is 12.1 Å². The second kappa shape index (κ2) is 5.46. The van der Waals surface area contributed by atoms with Crippen molar-refractivity contribution in [3.63, 3.8) is 0 Å². The van der Waals surface area contributed by atoms with E-state index in [0.717, 1.165) is 26.1 Å². The van der Waals surface area contributed by atoms with E-state index in [9.17, 15) is 0 Å². The van der Waals surface area contributed by atoms with Gasteiger partial charge in [0, 0.05) is 18.7 Å². The zero-order valence-electron chi connectivity index (χ0n) is 10.2. The average molecular weight is 219 g/mol. The quantitative estimate of drug-likeness (QED) is 0.840. The molecule has 2 atom stereocenters. The molecular weight excluding hydrogens is 198 g/mol. The van der Waals surface area contributed by atoms with Crippen molar-refractivity contribution < 1.29 is 4.74 Å². The SMILES string of the molecule is CCc1ccc([C@H](C)N[C@@H]2CCOC2)cc1.